The fourth-order valence-electron chi connectivity index (χ4n) is 3.50. The summed E-state index contributed by atoms with van der Waals surface area (Å²) in [5, 5.41) is 6.18. The number of rotatable bonds is 6. The minimum Gasteiger partial charge on any atom is -0.378 e. The average molecular weight is 297 g/mol. The zero-order chi connectivity index (χ0) is 15.1. The van der Waals surface area contributed by atoms with Crippen molar-refractivity contribution in [1.82, 2.24) is 15.5 Å². The van der Waals surface area contributed by atoms with E-state index < -0.39 is 0 Å². The number of carbonyl (C=O) groups excluding carboxylic acids is 1. The van der Waals surface area contributed by atoms with Gasteiger partial charge < -0.3 is 20.3 Å². The fraction of sp³-hybridized carbons (Fsp3) is 0.938. The van der Waals surface area contributed by atoms with Crippen molar-refractivity contribution in [2.45, 2.75) is 39.2 Å². The number of hydrogen-bond acceptors (Lipinski definition) is 4. The lowest BCUT2D eigenvalue weighted by atomic mass is 9.92. The molecule has 0 aromatic carbocycles. The van der Waals surface area contributed by atoms with Crippen molar-refractivity contribution in [3.63, 3.8) is 0 Å². The third-order valence-electron chi connectivity index (χ3n) is 4.38. The summed E-state index contributed by atoms with van der Waals surface area (Å²) in [6, 6.07) is -0.164. The van der Waals surface area contributed by atoms with E-state index in [1.165, 1.54) is 19.5 Å². The Kier molecular flexibility index (Phi) is 6.93. The molecule has 2 N–H and O–H groups in total. The van der Waals surface area contributed by atoms with Crippen LogP contribution in [0, 0.1) is 11.8 Å². The number of ether oxygens (including phenoxy) is 1. The lowest BCUT2D eigenvalue weighted by Gasteiger charge is -2.35. The second kappa shape index (κ2) is 8.71. The van der Waals surface area contributed by atoms with Gasteiger partial charge in [0, 0.05) is 26.2 Å². The minimum absolute atomic E-state index is 0.0786. The Morgan fingerprint density at radius 2 is 2.05 bits per heavy atom. The first-order valence-electron chi connectivity index (χ1n) is 8.46. The summed E-state index contributed by atoms with van der Waals surface area (Å²) in [5.41, 5.74) is 0. The standard InChI is InChI=1S/C16H31N3O2/c1-13-9-14(2)11-19(10-13)7-4-3-5-18-16(20)15-12-21-8-6-17-15/h13-15,17H,3-12H2,1-2H3,(H,18,20). The van der Waals surface area contributed by atoms with E-state index in [0.29, 0.717) is 13.2 Å². The molecule has 5 heteroatoms. The third kappa shape index (κ3) is 5.93. The van der Waals surface area contributed by atoms with Crippen molar-refractivity contribution in [3.8, 4) is 0 Å². The molecule has 0 spiro atoms. The maximum absolute atomic E-state index is 11.9. The van der Waals surface area contributed by atoms with Gasteiger partial charge in [-0.1, -0.05) is 13.8 Å². The van der Waals surface area contributed by atoms with Crippen molar-refractivity contribution in [2.75, 3.05) is 45.9 Å². The van der Waals surface area contributed by atoms with Gasteiger partial charge in [-0.05, 0) is 37.6 Å². The van der Waals surface area contributed by atoms with E-state index in [1.54, 1.807) is 0 Å². The lowest BCUT2D eigenvalue weighted by Crippen LogP contribution is -2.51. The fourth-order valence-corrected chi connectivity index (χ4v) is 3.50. The highest BCUT2D eigenvalue weighted by atomic mass is 16.5. The van der Waals surface area contributed by atoms with Gasteiger partial charge in [0.15, 0.2) is 0 Å². The first kappa shape index (κ1) is 16.7. The molecule has 2 rings (SSSR count). The highest BCUT2D eigenvalue weighted by molar-refractivity contribution is 5.81. The van der Waals surface area contributed by atoms with E-state index in [-0.39, 0.29) is 11.9 Å². The molecule has 0 aliphatic carbocycles. The molecule has 2 heterocycles. The SMILES string of the molecule is CC1CC(C)CN(CCCCNC(=O)C2COCCN2)C1. The van der Waals surface area contributed by atoms with Crippen LogP contribution in [0.2, 0.25) is 0 Å². The quantitative estimate of drug-likeness (QED) is 0.714. The molecule has 0 saturated carbocycles. The van der Waals surface area contributed by atoms with E-state index in [9.17, 15) is 4.79 Å². The Morgan fingerprint density at radius 3 is 2.71 bits per heavy atom. The topological polar surface area (TPSA) is 53.6 Å². The van der Waals surface area contributed by atoms with Gasteiger partial charge in [-0.15, -0.1) is 0 Å². The number of likely N-dealkylation sites (tertiary alicyclic amines) is 1. The van der Waals surface area contributed by atoms with Crippen LogP contribution in [0.25, 0.3) is 0 Å². The van der Waals surface area contributed by atoms with Gasteiger partial charge in [0.25, 0.3) is 0 Å². The summed E-state index contributed by atoms with van der Waals surface area (Å²) in [6.07, 6.45) is 3.58. The number of piperidine rings is 1. The summed E-state index contributed by atoms with van der Waals surface area (Å²) in [5.74, 6) is 1.73. The van der Waals surface area contributed by atoms with Crippen LogP contribution in [-0.2, 0) is 9.53 Å². The zero-order valence-electron chi connectivity index (χ0n) is 13.6. The Bertz CT molecular complexity index is 309. The number of morpholine rings is 1. The van der Waals surface area contributed by atoms with Crippen molar-refractivity contribution in [1.29, 1.82) is 0 Å². The number of hydrogen-bond donors (Lipinski definition) is 2. The predicted octanol–water partition coefficient (Wildman–Crippen LogP) is 0.849. The van der Waals surface area contributed by atoms with Crippen molar-refractivity contribution >= 4 is 5.91 Å². The molecular formula is C16H31N3O2. The molecule has 1 amide bonds. The molecule has 122 valence electrons. The number of carbonyl (C=O) groups is 1. The van der Waals surface area contributed by atoms with Gasteiger partial charge >= 0.3 is 0 Å². The van der Waals surface area contributed by atoms with E-state index in [2.05, 4.69) is 29.4 Å². The highest BCUT2D eigenvalue weighted by Gasteiger charge is 2.22. The van der Waals surface area contributed by atoms with Crippen LogP contribution < -0.4 is 10.6 Å². The van der Waals surface area contributed by atoms with Crippen LogP contribution in [0.3, 0.4) is 0 Å². The molecule has 5 nitrogen and oxygen atoms in total. The van der Waals surface area contributed by atoms with Gasteiger partial charge in [-0.25, -0.2) is 0 Å². The van der Waals surface area contributed by atoms with Crippen LogP contribution in [0.15, 0.2) is 0 Å². The largest absolute Gasteiger partial charge is 0.378 e. The van der Waals surface area contributed by atoms with Gasteiger partial charge in [0.05, 0.1) is 13.2 Å². The molecule has 0 aromatic rings. The molecular weight excluding hydrogens is 266 g/mol. The Hall–Kier alpha value is -0.650. The third-order valence-corrected chi connectivity index (χ3v) is 4.38. The van der Waals surface area contributed by atoms with Gasteiger partial charge in [0.2, 0.25) is 5.91 Å². The van der Waals surface area contributed by atoms with Crippen LogP contribution in [0.4, 0.5) is 0 Å². The van der Waals surface area contributed by atoms with Crippen LogP contribution in [0.5, 0.6) is 0 Å². The minimum atomic E-state index is -0.164. The lowest BCUT2D eigenvalue weighted by molar-refractivity contribution is -0.125. The second-order valence-corrected chi connectivity index (χ2v) is 6.79. The Morgan fingerprint density at radius 1 is 1.29 bits per heavy atom. The second-order valence-electron chi connectivity index (χ2n) is 6.79. The molecule has 3 unspecified atom stereocenters. The van der Waals surface area contributed by atoms with Gasteiger partial charge in [-0.3, -0.25) is 4.79 Å². The summed E-state index contributed by atoms with van der Waals surface area (Å²) in [4.78, 5) is 14.5. The molecule has 0 bridgehead atoms. The Labute approximate surface area is 128 Å². The summed E-state index contributed by atoms with van der Waals surface area (Å²) in [7, 11) is 0. The molecule has 0 aromatic heterocycles. The van der Waals surface area contributed by atoms with Gasteiger partial charge in [0.1, 0.15) is 6.04 Å². The van der Waals surface area contributed by atoms with Crippen molar-refractivity contribution < 1.29 is 9.53 Å². The molecule has 2 saturated heterocycles. The summed E-state index contributed by atoms with van der Waals surface area (Å²) < 4.78 is 5.30. The first-order chi connectivity index (χ1) is 10.1. The maximum Gasteiger partial charge on any atom is 0.239 e. The maximum atomic E-state index is 11.9. The number of nitrogens with zero attached hydrogens (tertiary/aromatic N) is 1. The van der Waals surface area contributed by atoms with Crippen LogP contribution in [0.1, 0.15) is 33.1 Å². The zero-order valence-corrected chi connectivity index (χ0v) is 13.6. The van der Waals surface area contributed by atoms with Crippen LogP contribution in [-0.4, -0.2) is 62.8 Å². The van der Waals surface area contributed by atoms with E-state index in [0.717, 1.165) is 44.3 Å². The van der Waals surface area contributed by atoms with E-state index in [4.69, 9.17) is 4.74 Å². The molecule has 2 aliphatic heterocycles. The molecule has 2 aliphatic rings. The van der Waals surface area contributed by atoms with Gasteiger partial charge in [-0.2, -0.15) is 0 Å². The molecule has 3 atom stereocenters. The Balaban J connectivity index is 1.52. The first-order valence-corrected chi connectivity index (χ1v) is 8.46. The molecule has 21 heavy (non-hydrogen) atoms. The van der Waals surface area contributed by atoms with E-state index >= 15 is 0 Å². The number of unbranched alkanes of at least 4 members (excludes halogenated alkanes) is 1. The monoisotopic (exact) mass is 297 g/mol. The smallest absolute Gasteiger partial charge is 0.239 e. The summed E-state index contributed by atoms with van der Waals surface area (Å²) in [6.45, 7) is 11.1. The molecule has 0 radical (unpaired) electrons. The molecule has 2 fully saturated rings. The summed E-state index contributed by atoms with van der Waals surface area (Å²) >= 11 is 0. The van der Waals surface area contributed by atoms with Crippen molar-refractivity contribution in [2.24, 2.45) is 11.8 Å². The van der Waals surface area contributed by atoms with Crippen LogP contribution >= 0.6 is 0 Å². The number of nitrogens with one attached hydrogen (secondary N) is 2. The average Bonchev–Trinajstić information content (AvgIpc) is 2.46. The number of amides is 1. The van der Waals surface area contributed by atoms with E-state index in [1.807, 2.05) is 0 Å². The highest BCUT2D eigenvalue weighted by Crippen LogP contribution is 2.20. The predicted molar refractivity (Wildman–Crippen MR) is 84.2 cm³/mol. The normalized spacial score (nSPS) is 31.0. The van der Waals surface area contributed by atoms with Crippen molar-refractivity contribution in [3.05, 3.63) is 0 Å².